The second-order valence-corrected chi connectivity index (χ2v) is 6.16. The number of unbranched alkanes of at least 4 members (excludes halogenated alkanes) is 2. The van der Waals surface area contributed by atoms with Crippen LogP contribution in [0.15, 0.2) is 24.8 Å². The Bertz CT molecular complexity index is 495. The molecule has 0 atom stereocenters. The van der Waals surface area contributed by atoms with Gasteiger partial charge in [0.05, 0.1) is 25.9 Å². The molecule has 0 aliphatic rings. The molecular formula is C18H33N5+2. The fourth-order valence-corrected chi connectivity index (χ4v) is 2.84. The quantitative estimate of drug-likeness (QED) is 0.406. The molecule has 2 rings (SSSR count). The molecule has 0 radical (unpaired) electrons. The second kappa shape index (κ2) is 10.2. The first-order valence-electron chi connectivity index (χ1n) is 9.17. The molecule has 3 N–H and O–H groups in total. The molecule has 0 saturated heterocycles. The number of rotatable bonds is 12. The number of nitrogens with one attached hydrogen (secondary N) is 3. The van der Waals surface area contributed by atoms with Gasteiger partial charge in [0.25, 0.3) is 11.6 Å². The maximum atomic E-state index is 3.56. The Labute approximate surface area is 140 Å². The molecule has 0 aliphatic heterocycles. The fraction of sp³-hybridized carbons (Fsp3) is 0.667. The van der Waals surface area contributed by atoms with E-state index in [0.29, 0.717) is 0 Å². The lowest BCUT2D eigenvalue weighted by molar-refractivity contribution is -0.703. The van der Waals surface area contributed by atoms with E-state index < -0.39 is 0 Å². The zero-order chi connectivity index (χ0) is 16.3. The summed E-state index contributed by atoms with van der Waals surface area (Å²) in [4.78, 5) is 6.73. The summed E-state index contributed by atoms with van der Waals surface area (Å²) in [5.74, 6) is 2.65. The average molecular weight is 319 g/mol. The third kappa shape index (κ3) is 5.82. The summed E-state index contributed by atoms with van der Waals surface area (Å²) in [5.41, 5.74) is 0. The Balaban J connectivity index is 1.66. The second-order valence-electron chi connectivity index (χ2n) is 6.16. The van der Waals surface area contributed by atoms with Gasteiger partial charge in [-0.2, -0.15) is 0 Å². The minimum Gasteiger partial charge on any atom is -0.315 e. The number of aryl methyl sites for hydroxylation is 2. The van der Waals surface area contributed by atoms with Gasteiger partial charge in [0.2, 0.25) is 0 Å². The van der Waals surface area contributed by atoms with Crippen LogP contribution in [-0.4, -0.2) is 23.1 Å². The Kier molecular flexibility index (Phi) is 7.87. The molecule has 2 aromatic heterocycles. The summed E-state index contributed by atoms with van der Waals surface area (Å²) >= 11 is 0. The lowest BCUT2D eigenvalue weighted by Gasteiger charge is -2.03. The fourth-order valence-electron chi connectivity index (χ4n) is 2.84. The van der Waals surface area contributed by atoms with Gasteiger partial charge in [0.15, 0.2) is 0 Å². The Morgan fingerprint density at radius 1 is 0.826 bits per heavy atom. The van der Waals surface area contributed by atoms with Crippen LogP contribution >= 0.6 is 0 Å². The number of nitrogens with zero attached hydrogens (tertiary/aromatic N) is 2. The van der Waals surface area contributed by atoms with Crippen LogP contribution in [0.4, 0.5) is 0 Å². The highest BCUT2D eigenvalue weighted by atomic mass is 15.1. The van der Waals surface area contributed by atoms with Crippen LogP contribution in [-0.2, 0) is 25.9 Å². The minimum atomic E-state index is 1.02. The van der Waals surface area contributed by atoms with E-state index in [1.54, 1.807) is 0 Å². The van der Waals surface area contributed by atoms with Gasteiger partial charge in [0.1, 0.15) is 24.8 Å². The van der Waals surface area contributed by atoms with Gasteiger partial charge in [-0.1, -0.05) is 26.7 Å². The van der Waals surface area contributed by atoms with Crippen LogP contribution in [0, 0.1) is 0 Å². The minimum absolute atomic E-state index is 1.02. The lowest BCUT2D eigenvalue weighted by atomic mass is 10.3. The van der Waals surface area contributed by atoms with Crippen molar-refractivity contribution >= 4 is 0 Å². The Hall–Kier alpha value is -1.62. The number of imidazole rings is 2. The van der Waals surface area contributed by atoms with Crippen molar-refractivity contribution in [3.8, 4) is 0 Å². The molecule has 2 heterocycles. The van der Waals surface area contributed by atoms with E-state index in [4.69, 9.17) is 0 Å². The molecule has 0 spiro atoms. The molecule has 0 amide bonds. The van der Waals surface area contributed by atoms with Gasteiger partial charge in [0, 0.05) is 13.1 Å². The third-order valence-corrected chi connectivity index (χ3v) is 4.28. The normalized spacial score (nSPS) is 11.2. The molecule has 5 nitrogen and oxygen atoms in total. The molecule has 0 bridgehead atoms. The van der Waals surface area contributed by atoms with E-state index in [9.17, 15) is 0 Å². The van der Waals surface area contributed by atoms with Crippen LogP contribution in [0.25, 0.3) is 0 Å². The molecule has 0 aliphatic carbocycles. The SMILES string of the molecule is CCCC[n+]1cc[nH]c1CCNCCc1[nH]cc[n+]1CCCC. The average Bonchev–Trinajstić information content (AvgIpc) is 3.19. The standard InChI is InChI=1S/C18H31N5/c1-3-5-13-22-15-11-20-17(22)7-9-19-10-8-18-21-12-16-23(18)14-6-4-2/h11-12,15-16,19H,3-10,13-14H2,1-2H3/p+2. The smallest absolute Gasteiger partial charge is 0.255 e. The zero-order valence-corrected chi connectivity index (χ0v) is 14.8. The van der Waals surface area contributed by atoms with Gasteiger partial charge in [-0.15, -0.1) is 0 Å². The van der Waals surface area contributed by atoms with Crippen LogP contribution in [0.2, 0.25) is 0 Å². The van der Waals surface area contributed by atoms with Crippen LogP contribution in [0.5, 0.6) is 0 Å². The topological polar surface area (TPSA) is 51.4 Å². The van der Waals surface area contributed by atoms with E-state index in [0.717, 1.165) is 39.0 Å². The Morgan fingerprint density at radius 3 is 1.74 bits per heavy atom. The predicted molar refractivity (Wildman–Crippen MR) is 92.1 cm³/mol. The maximum Gasteiger partial charge on any atom is 0.255 e. The molecular weight excluding hydrogens is 286 g/mol. The van der Waals surface area contributed by atoms with E-state index in [1.165, 1.54) is 37.3 Å². The summed E-state index contributed by atoms with van der Waals surface area (Å²) in [5, 5.41) is 3.56. The number of aromatic nitrogens is 4. The summed E-state index contributed by atoms with van der Waals surface area (Å²) in [6.07, 6.45) is 15.5. The highest BCUT2D eigenvalue weighted by Gasteiger charge is 2.11. The van der Waals surface area contributed by atoms with E-state index in [-0.39, 0.29) is 0 Å². The van der Waals surface area contributed by atoms with Crippen molar-refractivity contribution in [3.63, 3.8) is 0 Å². The van der Waals surface area contributed by atoms with Gasteiger partial charge in [-0.3, -0.25) is 0 Å². The first-order chi connectivity index (χ1) is 11.3. The molecule has 2 aromatic rings. The number of hydrogen-bond acceptors (Lipinski definition) is 1. The van der Waals surface area contributed by atoms with Crippen molar-refractivity contribution in [2.45, 2.75) is 65.5 Å². The zero-order valence-electron chi connectivity index (χ0n) is 14.8. The van der Waals surface area contributed by atoms with Crippen LogP contribution < -0.4 is 14.5 Å². The van der Waals surface area contributed by atoms with Gasteiger partial charge in [-0.05, 0) is 12.8 Å². The summed E-state index contributed by atoms with van der Waals surface area (Å²) in [7, 11) is 0. The van der Waals surface area contributed by atoms with Crippen molar-refractivity contribution in [2.24, 2.45) is 0 Å². The van der Waals surface area contributed by atoms with Crippen LogP contribution in [0.3, 0.4) is 0 Å². The van der Waals surface area contributed by atoms with Gasteiger partial charge < -0.3 is 5.32 Å². The highest BCUT2D eigenvalue weighted by Crippen LogP contribution is 1.94. The molecule has 0 aromatic carbocycles. The maximum absolute atomic E-state index is 3.56. The van der Waals surface area contributed by atoms with E-state index >= 15 is 0 Å². The third-order valence-electron chi connectivity index (χ3n) is 4.28. The first-order valence-corrected chi connectivity index (χ1v) is 9.17. The Morgan fingerprint density at radius 2 is 1.30 bits per heavy atom. The molecule has 0 saturated carbocycles. The largest absolute Gasteiger partial charge is 0.315 e. The lowest BCUT2D eigenvalue weighted by Crippen LogP contribution is -2.39. The molecule has 128 valence electrons. The van der Waals surface area contributed by atoms with E-state index in [1.807, 2.05) is 12.4 Å². The van der Waals surface area contributed by atoms with Crippen molar-refractivity contribution in [3.05, 3.63) is 36.4 Å². The van der Waals surface area contributed by atoms with Crippen molar-refractivity contribution in [2.75, 3.05) is 13.1 Å². The molecule has 23 heavy (non-hydrogen) atoms. The monoisotopic (exact) mass is 319 g/mol. The highest BCUT2D eigenvalue weighted by molar-refractivity contribution is 4.81. The first kappa shape index (κ1) is 17.7. The van der Waals surface area contributed by atoms with E-state index in [2.05, 4.69) is 50.7 Å². The number of hydrogen-bond donors (Lipinski definition) is 3. The van der Waals surface area contributed by atoms with Crippen molar-refractivity contribution in [1.82, 2.24) is 15.3 Å². The van der Waals surface area contributed by atoms with Crippen molar-refractivity contribution < 1.29 is 9.13 Å². The summed E-state index contributed by atoms with van der Waals surface area (Å²) in [6.45, 7) is 8.75. The summed E-state index contributed by atoms with van der Waals surface area (Å²) < 4.78 is 4.68. The molecule has 0 fully saturated rings. The predicted octanol–water partition coefficient (Wildman–Crippen LogP) is 1.89. The number of aromatic amines is 2. The van der Waals surface area contributed by atoms with Gasteiger partial charge >= 0.3 is 0 Å². The van der Waals surface area contributed by atoms with Crippen molar-refractivity contribution in [1.29, 1.82) is 0 Å². The van der Waals surface area contributed by atoms with Gasteiger partial charge in [-0.25, -0.2) is 19.1 Å². The molecule has 0 unspecified atom stereocenters. The summed E-state index contributed by atoms with van der Waals surface area (Å²) in [6, 6.07) is 0. The number of H-pyrrole nitrogens is 2. The molecule has 5 heteroatoms. The van der Waals surface area contributed by atoms with Crippen LogP contribution in [0.1, 0.15) is 51.2 Å².